The zero-order valence-corrected chi connectivity index (χ0v) is 19.1. The number of benzene rings is 2. The number of carbonyl (C=O) groups excluding carboxylic acids is 2. The number of hydrogen-bond acceptors (Lipinski definition) is 4. The standard InChI is InChI=1S/C22H19Br2N3O3/c23-15-5-1-13(2-6-15)17-18(22(29)27-9-11-30-12-10-27)21(25)26-19(17)20(28)14-3-7-16(24)8-4-14/h1-8,26H,9-12,25H2. The molecule has 1 aromatic heterocycles. The highest BCUT2D eigenvalue weighted by molar-refractivity contribution is 9.10. The van der Waals surface area contributed by atoms with Crippen LogP contribution in [0.3, 0.4) is 0 Å². The fourth-order valence-corrected chi connectivity index (χ4v) is 4.02. The maximum absolute atomic E-state index is 13.3. The fraction of sp³-hybridized carbons (Fsp3) is 0.182. The first-order valence-corrected chi connectivity index (χ1v) is 11.0. The summed E-state index contributed by atoms with van der Waals surface area (Å²) in [5.41, 5.74) is 8.63. The van der Waals surface area contributed by atoms with E-state index >= 15 is 0 Å². The van der Waals surface area contributed by atoms with Gasteiger partial charge in [-0.3, -0.25) is 9.59 Å². The van der Waals surface area contributed by atoms with Gasteiger partial charge in [-0.1, -0.05) is 44.0 Å². The van der Waals surface area contributed by atoms with E-state index in [2.05, 4.69) is 36.8 Å². The SMILES string of the molecule is Nc1[nH]c(C(=O)c2ccc(Br)cc2)c(-c2ccc(Br)cc2)c1C(=O)N1CCOCC1. The van der Waals surface area contributed by atoms with Crippen LogP contribution >= 0.6 is 31.9 Å². The van der Waals surface area contributed by atoms with Crippen molar-refractivity contribution < 1.29 is 14.3 Å². The second-order valence-corrected chi connectivity index (χ2v) is 8.74. The van der Waals surface area contributed by atoms with Crippen LogP contribution in [0.15, 0.2) is 57.5 Å². The summed E-state index contributed by atoms with van der Waals surface area (Å²) in [6, 6.07) is 14.5. The number of amides is 1. The molecule has 1 aliphatic heterocycles. The molecule has 0 bridgehead atoms. The van der Waals surface area contributed by atoms with E-state index in [9.17, 15) is 9.59 Å². The smallest absolute Gasteiger partial charge is 0.258 e. The van der Waals surface area contributed by atoms with Gasteiger partial charge in [0.25, 0.3) is 5.91 Å². The molecule has 4 rings (SSSR count). The Labute approximate surface area is 190 Å². The molecule has 2 heterocycles. The van der Waals surface area contributed by atoms with Crippen molar-refractivity contribution in [3.63, 3.8) is 0 Å². The highest BCUT2D eigenvalue weighted by atomic mass is 79.9. The first-order chi connectivity index (χ1) is 14.5. The van der Waals surface area contributed by atoms with Crippen LogP contribution in [-0.2, 0) is 4.74 Å². The van der Waals surface area contributed by atoms with Crippen LogP contribution in [0.5, 0.6) is 0 Å². The molecular weight excluding hydrogens is 514 g/mol. The number of halogens is 2. The Bertz CT molecular complexity index is 1090. The number of aromatic nitrogens is 1. The number of carbonyl (C=O) groups is 2. The number of nitrogen functional groups attached to an aromatic ring is 1. The van der Waals surface area contributed by atoms with Gasteiger partial charge in [-0.05, 0) is 42.0 Å². The Kier molecular flexibility index (Phi) is 6.08. The number of rotatable bonds is 4. The summed E-state index contributed by atoms with van der Waals surface area (Å²) in [6.07, 6.45) is 0. The van der Waals surface area contributed by atoms with Crippen LogP contribution in [0.1, 0.15) is 26.4 Å². The topological polar surface area (TPSA) is 88.4 Å². The molecule has 154 valence electrons. The summed E-state index contributed by atoms with van der Waals surface area (Å²) in [6.45, 7) is 1.93. The predicted octanol–water partition coefficient (Wildman–Crippen LogP) is 4.49. The van der Waals surface area contributed by atoms with Crippen LogP contribution < -0.4 is 5.73 Å². The number of anilines is 1. The number of nitrogens with zero attached hydrogens (tertiary/aromatic N) is 1. The molecule has 0 radical (unpaired) electrons. The molecule has 30 heavy (non-hydrogen) atoms. The van der Waals surface area contributed by atoms with E-state index in [1.165, 1.54) is 0 Å². The Hall–Kier alpha value is -2.42. The summed E-state index contributed by atoms with van der Waals surface area (Å²) in [5.74, 6) is -0.252. The van der Waals surface area contributed by atoms with E-state index in [-0.39, 0.29) is 17.5 Å². The first-order valence-electron chi connectivity index (χ1n) is 9.40. The third kappa shape index (κ3) is 4.08. The van der Waals surface area contributed by atoms with Gasteiger partial charge in [0.15, 0.2) is 0 Å². The van der Waals surface area contributed by atoms with Crippen molar-refractivity contribution in [2.45, 2.75) is 0 Å². The fourth-order valence-electron chi connectivity index (χ4n) is 3.49. The lowest BCUT2D eigenvalue weighted by Gasteiger charge is -2.27. The van der Waals surface area contributed by atoms with E-state index in [1.807, 2.05) is 24.3 Å². The van der Waals surface area contributed by atoms with Gasteiger partial charge < -0.3 is 20.4 Å². The number of hydrogen-bond donors (Lipinski definition) is 2. The monoisotopic (exact) mass is 531 g/mol. The molecule has 8 heteroatoms. The van der Waals surface area contributed by atoms with Gasteiger partial charge in [0.1, 0.15) is 5.82 Å². The maximum Gasteiger partial charge on any atom is 0.258 e. The number of aromatic amines is 1. The molecule has 1 aliphatic rings. The van der Waals surface area contributed by atoms with Crippen LogP contribution in [0.4, 0.5) is 5.82 Å². The molecular formula is C22H19Br2N3O3. The van der Waals surface area contributed by atoms with E-state index in [0.29, 0.717) is 48.7 Å². The second-order valence-electron chi connectivity index (χ2n) is 6.91. The van der Waals surface area contributed by atoms with E-state index in [0.717, 1.165) is 14.5 Å². The van der Waals surface area contributed by atoms with Crippen LogP contribution in [0.2, 0.25) is 0 Å². The Morgan fingerprint density at radius 3 is 2.10 bits per heavy atom. The average Bonchev–Trinajstić information content (AvgIpc) is 3.11. The van der Waals surface area contributed by atoms with E-state index < -0.39 is 0 Å². The third-order valence-corrected chi connectivity index (χ3v) is 6.06. The summed E-state index contributed by atoms with van der Waals surface area (Å²) < 4.78 is 7.13. The Morgan fingerprint density at radius 1 is 0.933 bits per heavy atom. The minimum Gasteiger partial charge on any atom is -0.385 e. The van der Waals surface area contributed by atoms with Crippen LogP contribution in [-0.4, -0.2) is 47.9 Å². The largest absolute Gasteiger partial charge is 0.385 e. The van der Waals surface area contributed by atoms with Gasteiger partial charge in [0.05, 0.1) is 24.5 Å². The van der Waals surface area contributed by atoms with Crippen LogP contribution in [0.25, 0.3) is 11.1 Å². The minimum atomic E-state index is -0.229. The summed E-state index contributed by atoms with van der Waals surface area (Å²) in [4.78, 5) is 31.4. The number of nitrogens with two attached hydrogens (primary N) is 1. The van der Waals surface area contributed by atoms with Crippen molar-refractivity contribution in [3.8, 4) is 11.1 Å². The summed E-state index contributed by atoms with van der Waals surface area (Å²) in [7, 11) is 0. The number of ether oxygens (including phenoxy) is 1. The third-order valence-electron chi connectivity index (χ3n) is 5.01. The Morgan fingerprint density at radius 2 is 1.50 bits per heavy atom. The zero-order chi connectivity index (χ0) is 21.3. The average molecular weight is 533 g/mol. The van der Waals surface area contributed by atoms with Gasteiger partial charge in [-0.15, -0.1) is 0 Å². The lowest BCUT2D eigenvalue weighted by atomic mass is 9.96. The molecule has 0 atom stereocenters. The molecule has 1 amide bonds. The number of nitrogens with one attached hydrogen (secondary N) is 1. The predicted molar refractivity (Wildman–Crippen MR) is 123 cm³/mol. The lowest BCUT2D eigenvalue weighted by Crippen LogP contribution is -2.41. The molecule has 2 aromatic carbocycles. The van der Waals surface area contributed by atoms with Crippen molar-refractivity contribution in [1.82, 2.24) is 9.88 Å². The van der Waals surface area contributed by atoms with Crippen molar-refractivity contribution in [2.24, 2.45) is 0 Å². The summed E-state index contributed by atoms with van der Waals surface area (Å²) in [5, 5.41) is 0. The van der Waals surface area contributed by atoms with Crippen molar-refractivity contribution in [2.75, 3.05) is 32.0 Å². The van der Waals surface area contributed by atoms with Gasteiger partial charge in [-0.25, -0.2) is 0 Å². The number of H-pyrrole nitrogens is 1. The highest BCUT2D eigenvalue weighted by Crippen LogP contribution is 2.35. The quantitative estimate of drug-likeness (QED) is 0.484. The first kappa shape index (κ1) is 20.8. The van der Waals surface area contributed by atoms with Crippen molar-refractivity contribution >= 4 is 49.4 Å². The minimum absolute atomic E-state index is 0.185. The molecule has 1 saturated heterocycles. The maximum atomic E-state index is 13.3. The molecule has 3 aromatic rings. The second kappa shape index (κ2) is 8.75. The zero-order valence-electron chi connectivity index (χ0n) is 16.0. The van der Waals surface area contributed by atoms with Gasteiger partial charge >= 0.3 is 0 Å². The lowest BCUT2D eigenvalue weighted by molar-refractivity contribution is 0.0304. The molecule has 0 spiro atoms. The molecule has 3 N–H and O–H groups in total. The van der Waals surface area contributed by atoms with Crippen molar-refractivity contribution in [1.29, 1.82) is 0 Å². The number of morpholine rings is 1. The van der Waals surface area contributed by atoms with E-state index in [1.54, 1.807) is 29.2 Å². The van der Waals surface area contributed by atoms with E-state index in [4.69, 9.17) is 10.5 Å². The summed E-state index contributed by atoms with van der Waals surface area (Å²) >= 11 is 6.81. The number of ketones is 1. The van der Waals surface area contributed by atoms with Crippen LogP contribution in [0, 0.1) is 0 Å². The molecule has 1 fully saturated rings. The van der Waals surface area contributed by atoms with Crippen molar-refractivity contribution in [3.05, 3.63) is 74.3 Å². The molecule has 6 nitrogen and oxygen atoms in total. The highest BCUT2D eigenvalue weighted by Gasteiger charge is 2.30. The Balaban J connectivity index is 1.85. The van der Waals surface area contributed by atoms with Gasteiger partial charge in [0, 0.05) is 33.2 Å². The molecule has 0 unspecified atom stereocenters. The van der Waals surface area contributed by atoms with Gasteiger partial charge in [-0.2, -0.15) is 0 Å². The van der Waals surface area contributed by atoms with Gasteiger partial charge in [0.2, 0.25) is 5.78 Å². The molecule has 0 saturated carbocycles. The normalized spacial score (nSPS) is 14.0. The molecule has 0 aliphatic carbocycles.